The van der Waals surface area contributed by atoms with Crippen LogP contribution in [0, 0.1) is 0 Å². The van der Waals surface area contributed by atoms with E-state index in [0.717, 1.165) is 70.7 Å². The lowest BCUT2D eigenvalue weighted by atomic mass is 10.3. The minimum atomic E-state index is 0.154. The summed E-state index contributed by atoms with van der Waals surface area (Å²) in [5.74, 6) is 1.95. The second-order valence-corrected chi connectivity index (χ2v) is 6.13. The van der Waals surface area contributed by atoms with Crippen molar-refractivity contribution in [3.8, 4) is 0 Å². The molecular weight excluding hydrogens is 292 g/mol. The highest BCUT2D eigenvalue weighted by molar-refractivity contribution is 5.73. The number of hydrogen-bond acceptors (Lipinski definition) is 6. The van der Waals surface area contributed by atoms with Crippen molar-refractivity contribution in [1.82, 2.24) is 19.8 Å². The summed E-state index contributed by atoms with van der Waals surface area (Å²) in [5, 5.41) is 0. The van der Waals surface area contributed by atoms with Gasteiger partial charge in [0.05, 0.1) is 0 Å². The third-order valence-electron chi connectivity index (χ3n) is 4.78. The lowest BCUT2D eigenvalue weighted by molar-refractivity contribution is -0.129. The molecule has 1 amide bonds. The van der Waals surface area contributed by atoms with E-state index in [0.29, 0.717) is 0 Å². The first kappa shape index (κ1) is 16.0. The summed E-state index contributed by atoms with van der Waals surface area (Å²) < 4.78 is 0. The lowest BCUT2D eigenvalue weighted by Crippen LogP contribution is -2.49. The third-order valence-corrected chi connectivity index (χ3v) is 4.78. The molecule has 126 valence electrons. The zero-order chi connectivity index (χ0) is 16.2. The number of aromatic nitrogens is 2. The van der Waals surface area contributed by atoms with Crippen molar-refractivity contribution < 1.29 is 4.79 Å². The van der Waals surface area contributed by atoms with Gasteiger partial charge in [-0.1, -0.05) is 6.92 Å². The average Bonchev–Trinajstić information content (AvgIpc) is 2.62. The number of rotatable bonds is 3. The van der Waals surface area contributed by atoms with Crippen LogP contribution in [0.5, 0.6) is 0 Å². The quantitative estimate of drug-likeness (QED) is 0.798. The molecule has 0 saturated carbocycles. The van der Waals surface area contributed by atoms with E-state index >= 15 is 0 Å². The maximum absolute atomic E-state index is 11.4. The van der Waals surface area contributed by atoms with Crippen LogP contribution in [0.1, 0.15) is 13.8 Å². The van der Waals surface area contributed by atoms with Crippen LogP contribution in [-0.4, -0.2) is 84.6 Å². The van der Waals surface area contributed by atoms with Crippen LogP contribution < -0.4 is 9.80 Å². The molecule has 0 atom stereocenters. The van der Waals surface area contributed by atoms with E-state index in [9.17, 15) is 4.79 Å². The zero-order valence-corrected chi connectivity index (χ0v) is 14.1. The van der Waals surface area contributed by atoms with Gasteiger partial charge < -0.3 is 19.6 Å². The van der Waals surface area contributed by atoms with Crippen molar-refractivity contribution in [2.45, 2.75) is 13.8 Å². The minimum Gasteiger partial charge on any atom is -0.353 e. The highest BCUT2D eigenvalue weighted by atomic mass is 16.2. The Morgan fingerprint density at radius 1 is 1.04 bits per heavy atom. The van der Waals surface area contributed by atoms with Crippen molar-refractivity contribution in [1.29, 1.82) is 0 Å². The summed E-state index contributed by atoms with van der Waals surface area (Å²) >= 11 is 0. The van der Waals surface area contributed by atoms with Gasteiger partial charge >= 0.3 is 0 Å². The van der Waals surface area contributed by atoms with Crippen LogP contribution in [0.15, 0.2) is 12.3 Å². The van der Waals surface area contributed by atoms with Gasteiger partial charge in [-0.3, -0.25) is 4.79 Å². The summed E-state index contributed by atoms with van der Waals surface area (Å²) in [6.07, 6.45) is 1.85. The standard InChI is InChI=1S/C16H26N6O/c1-3-19-6-8-22(9-7-19)16-17-5-4-15(18-16)21-12-10-20(11-13-21)14(2)23/h4-5H,3,6-13H2,1-2H3. The predicted octanol–water partition coefficient (Wildman–Crippen LogP) is 0.287. The summed E-state index contributed by atoms with van der Waals surface area (Å²) in [6, 6.07) is 1.97. The second kappa shape index (κ2) is 7.12. The molecule has 7 heteroatoms. The Hall–Kier alpha value is -1.89. The van der Waals surface area contributed by atoms with Crippen LogP contribution >= 0.6 is 0 Å². The van der Waals surface area contributed by atoms with E-state index < -0.39 is 0 Å². The molecule has 3 rings (SSSR count). The van der Waals surface area contributed by atoms with E-state index in [1.165, 1.54) is 0 Å². The molecule has 2 aliphatic rings. The minimum absolute atomic E-state index is 0.154. The number of piperazine rings is 2. The second-order valence-electron chi connectivity index (χ2n) is 6.13. The van der Waals surface area contributed by atoms with Gasteiger partial charge in [-0.25, -0.2) is 4.98 Å². The summed E-state index contributed by atoms with van der Waals surface area (Å²) in [6.45, 7) is 12.2. The SMILES string of the molecule is CCN1CCN(c2nccc(N3CCN(C(C)=O)CC3)n2)CC1. The lowest BCUT2D eigenvalue weighted by Gasteiger charge is -2.36. The molecule has 0 unspecified atom stereocenters. The monoisotopic (exact) mass is 318 g/mol. The van der Waals surface area contributed by atoms with Crippen LogP contribution in [0.3, 0.4) is 0 Å². The molecule has 3 heterocycles. The van der Waals surface area contributed by atoms with Gasteiger partial charge in [0.15, 0.2) is 0 Å². The molecule has 1 aromatic rings. The van der Waals surface area contributed by atoms with Gasteiger partial charge in [0, 0.05) is 65.5 Å². The predicted molar refractivity (Wildman–Crippen MR) is 90.8 cm³/mol. The fourth-order valence-electron chi connectivity index (χ4n) is 3.18. The topological polar surface area (TPSA) is 55.8 Å². The number of anilines is 2. The fourth-order valence-corrected chi connectivity index (χ4v) is 3.18. The number of hydrogen-bond donors (Lipinski definition) is 0. The molecule has 2 fully saturated rings. The average molecular weight is 318 g/mol. The van der Waals surface area contributed by atoms with Crippen molar-refractivity contribution in [2.24, 2.45) is 0 Å². The highest BCUT2D eigenvalue weighted by Gasteiger charge is 2.22. The van der Waals surface area contributed by atoms with E-state index in [2.05, 4.69) is 26.6 Å². The molecule has 7 nitrogen and oxygen atoms in total. The van der Waals surface area contributed by atoms with Crippen LogP contribution in [0.25, 0.3) is 0 Å². The zero-order valence-electron chi connectivity index (χ0n) is 14.1. The van der Waals surface area contributed by atoms with Crippen molar-refractivity contribution in [3.63, 3.8) is 0 Å². The summed E-state index contributed by atoms with van der Waals surface area (Å²) in [7, 11) is 0. The molecule has 1 aromatic heterocycles. The van der Waals surface area contributed by atoms with Crippen LogP contribution in [0.4, 0.5) is 11.8 Å². The Balaban J connectivity index is 1.63. The first-order valence-corrected chi connectivity index (χ1v) is 8.48. The van der Waals surface area contributed by atoms with Crippen LogP contribution in [0.2, 0.25) is 0 Å². The third kappa shape index (κ3) is 3.72. The smallest absolute Gasteiger partial charge is 0.227 e. The van der Waals surface area contributed by atoms with Crippen molar-refractivity contribution in [3.05, 3.63) is 12.3 Å². The largest absolute Gasteiger partial charge is 0.353 e. The Morgan fingerprint density at radius 2 is 1.70 bits per heavy atom. The van der Waals surface area contributed by atoms with Gasteiger partial charge in [-0.05, 0) is 12.6 Å². The van der Waals surface area contributed by atoms with Gasteiger partial charge in [0.25, 0.3) is 0 Å². The van der Waals surface area contributed by atoms with Gasteiger partial charge in [0.2, 0.25) is 11.9 Å². The molecule has 2 aliphatic heterocycles. The Bertz CT molecular complexity index is 535. The van der Waals surface area contributed by atoms with Crippen molar-refractivity contribution in [2.75, 3.05) is 68.7 Å². The number of likely N-dealkylation sites (N-methyl/N-ethyl adjacent to an activating group) is 1. The van der Waals surface area contributed by atoms with Crippen LogP contribution in [-0.2, 0) is 4.79 Å². The summed E-state index contributed by atoms with van der Waals surface area (Å²) in [4.78, 5) is 29.5. The highest BCUT2D eigenvalue weighted by Crippen LogP contribution is 2.18. The normalized spacial score (nSPS) is 20.0. The van der Waals surface area contributed by atoms with Gasteiger partial charge in [-0.15, -0.1) is 0 Å². The number of amides is 1. The maximum atomic E-state index is 11.4. The Labute approximate surface area is 137 Å². The summed E-state index contributed by atoms with van der Waals surface area (Å²) in [5.41, 5.74) is 0. The number of carbonyl (C=O) groups is 1. The first-order chi connectivity index (χ1) is 11.2. The van der Waals surface area contributed by atoms with Crippen molar-refractivity contribution >= 4 is 17.7 Å². The Kier molecular flexibility index (Phi) is 4.95. The van der Waals surface area contributed by atoms with E-state index in [-0.39, 0.29) is 5.91 Å². The van der Waals surface area contributed by atoms with E-state index in [1.807, 2.05) is 17.2 Å². The molecule has 0 aromatic carbocycles. The maximum Gasteiger partial charge on any atom is 0.227 e. The van der Waals surface area contributed by atoms with Gasteiger partial charge in [-0.2, -0.15) is 4.98 Å². The first-order valence-electron chi connectivity index (χ1n) is 8.48. The van der Waals surface area contributed by atoms with Gasteiger partial charge in [0.1, 0.15) is 5.82 Å². The molecular formula is C16H26N6O. The molecule has 0 N–H and O–H groups in total. The van der Waals surface area contributed by atoms with E-state index in [4.69, 9.17) is 4.98 Å². The molecule has 2 saturated heterocycles. The fraction of sp³-hybridized carbons (Fsp3) is 0.688. The molecule has 0 aliphatic carbocycles. The number of nitrogens with zero attached hydrogens (tertiary/aromatic N) is 6. The molecule has 0 bridgehead atoms. The molecule has 0 radical (unpaired) electrons. The molecule has 0 spiro atoms. The molecule has 23 heavy (non-hydrogen) atoms. The number of carbonyl (C=O) groups excluding carboxylic acids is 1. The Morgan fingerprint density at radius 3 is 2.30 bits per heavy atom. The van der Waals surface area contributed by atoms with E-state index in [1.54, 1.807) is 6.92 Å².